The molecule has 0 aliphatic carbocycles. The monoisotopic (exact) mass is 239 g/mol. The molecule has 0 unspecified atom stereocenters. The average molecular weight is 239 g/mol. The quantitative estimate of drug-likeness (QED) is 0.759. The lowest BCUT2D eigenvalue weighted by molar-refractivity contribution is -0.147. The van der Waals surface area contributed by atoms with Crippen LogP contribution in [0.1, 0.15) is 31.4 Å². The lowest BCUT2D eigenvalue weighted by atomic mass is 10.1. The fourth-order valence-electron chi connectivity index (χ4n) is 2.34. The van der Waals surface area contributed by atoms with Gasteiger partial charge in [-0.1, -0.05) is 0 Å². The topological polar surface area (TPSA) is 29.5 Å². The van der Waals surface area contributed by atoms with Crippen molar-refractivity contribution < 1.29 is 9.53 Å². The zero-order chi connectivity index (χ0) is 11.5. The first-order valence-corrected chi connectivity index (χ1v) is 6.54. The van der Waals surface area contributed by atoms with Crippen molar-refractivity contribution in [2.24, 2.45) is 0 Å². The van der Waals surface area contributed by atoms with E-state index in [-0.39, 0.29) is 12.0 Å². The normalized spacial score (nSPS) is 23.2. The maximum atomic E-state index is 11.9. The predicted octanol–water partition coefficient (Wildman–Crippen LogP) is 2.45. The molecule has 0 saturated carbocycles. The highest BCUT2D eigenvalue weighted by atomic mass is 32.1. The third kappa shape index (κ3) is 2.13. The summed E-state index contributed by atoms with van der Waals surface area (Å²) in [5, 5.41) is 4.04. The SMILES string of the molecule is COC(=O)[C@H](c1ccsc1)N1CCC[C@@H]1C. The number of esters is 1. The Morgan fingerprint density at radius 1 is 1.69 bits per heavy atom. The van der Waals surface area contributed by atoms with Crippen LogP contribution in [0.3, 0.4) is 0 Å². The van der Waals surface area contributed by atoms with E-state index >= 15 is 0 Å². The van der Waals surface area contributed by atoms with Crippen LogP contribution in [0.4, 0.5) is 0 Å². The number of carbonyl (C=O) groups is 1. The number of likely N-dealkylation sites (tertiary alicyclic amines) is 1. The smallest absolute Gasteiger partial charge is 0.327 e. The number of hydrogen-bond donors (Lipinski definition) is 0. The molecule has 0 aromatic carbocycles. The molecule has 3 nitrogen and oxygen atoms in total. The summed E-state index contributed by atoms with van der Waals surface area (Å²) in [6.07, 6.45) is 2.33. The van der Waals surface area contributed by atoms with Gasteiger partial charge in [0.25, 0.3) is 0 Å². The minimum Gasteiger partial charge on any atom is -0.468 e. The summed E-state index contributed by atoms with van der Waals surface area (Å²) < 4.78 is 4.92. The van der Waals surface area contributed by atoms with Crippen LogP contribution in [-0.4, -0.2) is 30.6 Å². The number of carbonyl (C=O) groups excluding carboxylic acids is 1. The Balaban J connectivity index is 2.24. The van der Waals surface area contributed by atoms with Crippen LogP contribution in [0.25, 0.3) is 0 Å². The maximum absolute atomic E-state index is 11.9. The number of nitrogens with zero attached hydrogens (tertiary/aromatic N) is 1. The molecule has 16 heavy (non-hydrogen) atoms. The molecule has 2 atom stereocenters. The van der Waals surface area contributed by atoms with Crippen molar-refractivity contribution in [1.29, 1.82) is 0 Å². The van der Waals surface area contributed by atoms with Crippen LogP contribution in [0, 0.1) is 0 Å². The van der Waals surface area contributed by atoms with E-state index in [4.69, 9.17) is 4.74 Å². The van der Waals surface area contributed by atoms with Gasteiger partial charge in [0.2, 0.25) is 0 Å². The molecule has 2 heterocycles. The van der Waals surface area contributed by atoms with Crippen LogP contribution in [-0.2, 0) is 9.53 Å². The van der Waals surface area contributed by atoms with E-state index in [1.165, 1.54) is 13.5 Å². The second kappa shape index (κ2) is 4.97. The summed E-state index contributed by atoms with van der Waals surface area (Å²) in [5.74, 6) is -0.146. The lowest BCUT2D eigenvalue weighted by Gasteiger charge is -2.28. The van der Waals surface area contributed by atoms with Crippen molar-refractivity contribution in [1.82, 2.24) is 4.90 Å². The third-order valence-electron chi connectivity index (χ3n) is 3.22. The average Bonchev–Trinajstić information content (AvgIpc) is 2.92. The first kappa shape index (κ1) is 11.6. The van der Waals surface area contributed by atoms with Gasteiger partial charge < -0.3 is 4.74 Å². The first-order chi connectivity index (χ1) is 7.74. The van der Waals surface area contributed by atoms with Gasteiger partial charge in [0, 0.05) is 6.04 Å². The highest BCUT2D eigenvalue weighted by Crippen LogP contribution is 2.31. The molecule has 1 aliphatic heterocycles. The Hall–Kier alpha value is -0.870. The molecule has 4 heteroatoms. The molecule has 0 bridgehead atoms. The van der Waals surface area contributed by atoms with Crippen LogP contribution in [0.5, 0.6) is 0 Å². The van der Waals surface area contributed by atoms with Gasteiger partial charge in [0.1, 0.15) is 6.04 Å². The summed E-state index contributed by atoms with van der Waals surface area (Å²) >= 11 is 1.62. The molecular formula is C12H17NO2S. The van der Waals surface area contributed by atoms with Crippen LogP contribution in [0.15, 0.2) is 16.8 Å². The highest BCUT2D eigenvalue weighted by molar-refractivity contribution is 7.08. The first-order valence-electron chi connectivity index (χ1n) is 5.59. The van der Waals surface area contributed by atoms with Gasteiger partial charge in [-0.15, -0.1) is 0 Å². The number of methoxy groups -OCH3 is 1. The molecule has 1 aromatic heterocycles. The zero-order valence-corrected chi connectivity index (χ0v) is 10.5. The molecule has 1 saturated heterocycles. The molecule has 0 radical (unpaired) electrons. The Bertz CT molecular complexity index is 350. The van der Waals surface area contributed by atoms with Gasteiger partial charge in [-0.3, -0.25) is 4.90 Å². The fourth-order valence-corrected chi connectivity index (χ4v) is 3.02. The number of hydrogen-bond acceptors (Lipinski definition) is 4. The molecule has 1 aliphatic rings. The van der Waals surface area contributed by atoms with Crippen LogP contribution >= 0.6 is 11.3 Å². The summed E-state index contributed by atoms with van der Waals surface area (Å²) in [7, 11) is 1.46. The predicted molar refractivity (Wildman–Crippen MR) is 64.5 cm³/mol. The van der Waals surface area contributed by atoms with E-state index in [0.29, 0.717) is 6.04 Å². The van der Waals surface area contributed by atoms with Gasteiger partial charge in [0.05, 0.1) is 7.11 Å². The second-order valence-electron chi connectivity index (χ2n) is 4.21. The summed E-state index contributed by atoms with van der Waals surface area (Å²) in [5.41, 5.74) is 1.06. The fraction of sp³-hybridized carbons (Fsp3) is 0.583. The Morgan fingerprint density at radius 3 is 3.00 bits per heavy atom. The standard InChI is InChI=1S/C12H17NO2S/c1-9-4-3-6-13(9)11(12(14)15-2)10-5-7-16-8-10/h5,7-9,11H,3-4,6H2,1-2H3/t9-,11-/m0/s1. The molecule has 1 fully saturated rings. The van der Waals surface area contributed by atoms with Crippen molar-refractivity contribution in [2.45, 2.75) is 31.8 Å². The molecule has 0 amide bonds. The van der Waals surface area contributed by atoms with E-state index in [2.05, 4.69) is 11.8 Å². The number of ether oxygens (including phenoxy) is 1. The van der Waals surface area contributed by atoms with E-state index < -0.39 is 0 Å². The van der Waals surface area contributed by atoms with Crippen molar-refractivity contribution in [3.63, 3.8) is 0 Å². The van der Waals surface area contributed by atoms with Gasteiger partial charge in [0.15, 0.2) is 0 Å². The van der Waals surface area contributed by atoms with Crippen molar-refractivity contribution in [3.8, 4) is 0 Å². The van der Waals surface area contributed by atoms with Gasteiger partial charge >= 0.3 is 5.97 Å². The van der Waals surface area contributed by atoms with Gasteiger partial charge in [-0.2, -0.15) is 11.3 Å². The van der Waals surface area contributed by atoms with Crippen LogP contribution in [0.2, 0.25) is 0 Å². The summed E-state index contributed by atoms with van der Waals surface area (Å²) in [4.78, 5) is 14.1. The Labute approximate surface area is 100 Å². The molecule has 0 N–H and O–H groups in total. The van der Waals surface area contributed by atoms with Crippen molar-refractivity contribution in [3.05, 3.63) is 22.4 Å². The molecular weight excluding hydrogens is 222 g/mol. The molecule has 1 aromatic rings. The maximum Gasteiger partial charge on any atom is 0.327 e. The van der Waals surface area contributed by atoms with Gasteiger partial charge in [-0.25, -0.2) is 4.79 Å². The largest absolute Gasteiger partial charge is 0.468 e. The third-order valence-corrected chi connectivity index (χ3v) is 3.92. The lowest BCUT2D eigenvalue weighted by Crippen LogP contribution is -2.36. The Kier molecular flexibility index (Phi) is 3.61. The minimum absolute atomic E-state index is 0.146. The van der Waals surface area contributed by atoms with E-state index in [1.807, 2.05) is 16.8 Å². The number of rotatable bonds is 3. The zero-order valence-electron chi connectivity index (χ0n) is 9.68. The van der Waals surface area contributed by atoms with Crippen molar-refractivity contribution in [2.75, 3.05) is 13.7 Å². The summed E-state index contributed by atoms with van der Waals surface area (Å²) in [6, 6.07) is 2.26. The number of thiophene rings is 1. The van der Waals surface area contributed by atoms with Crippen LogP contribution < -0.4 is 0 Å². The van der Waals surface area contributed by atoms with Crippen molar-refractivity contribution >= 4 is 17.3 Å². The van der Waals surface area contributed by atoms with E-state index in [0.717, 1.165) is 18.5 Å². The van der Waals surface area contributed by atoms with E-state index in [1.54, 1.807) is 11.3 Å². The highest BCUT2D eigenvalue weighted by Gasteiger charge is 2.34. The summed E-state index contributed by atoms with van der Waals surface area (Å²) in [6.45, 7) is 3.16. The minimum atomic E-state index is -0.214. The Morgan fingerprint density at radius 2 is 2.50 bits per heavy atom. The van der Waals surface area contributed by atoms with E-state index in [9.17, 15) is 4.79 Å². The second-order valence-corrected chi connectivity index (χ2v) is 4.99. The molecule has 2 rings (SSSR count). The molecule has 88 valence electrons. The van der Waals surface area contributed by atoms with Gasteiger partial charge in [-0.05, 0) is 48.7 Å². The molecule has 0 spiro atoms.